The van der Waals surface area contributed by atoms with E-state index in [4.69, 9.17) is 4.42 Å². The lowest BCUT2D eigenvalue weighted by Gasteiger charge is -2.21. The summed E-state index contributed by atoms with van der Waals surface area (Å²) >= 11 is 0. The molecule has 4 heteroatoms. The Balaban J connectivity index is 1.44. The predicted octanol–water partition coefficient (Wildman–Crippen LogP) is 3.46. The highest BCUT2D eigenvalue weighted by molar-refractivity contribution is 5.76. The summed E-state index contributed by atoms with van der Waals surface area (Å²) in [5, 5.41) is 3.05. The van der Waals surface area contributed by atoms with Crippen molar-refractivity contribution >= 4 is 17.0 Å². The molecule has 1 amide bonds. The van der Waals surface area contributed by atoms with Gasteiger partial charge in [-0.3, -0.25) is 4.79 Å². The van der Waals surface area contributed by atoms with E-state index < -0.39 is 0 Å². The van der Waals surface area contributed by atoms with Gasteiger partial charge in [0.2, 0.25) is 5.91 Å². The number of hydrogen-bond donors (Lipinski definition) is 1. The van der Waals surface area contributed by atoms with E-state index >= 15 is 0 Å². The van der Waals surface area contributed by atoms with Crippen LogP contribution in [0.2, 0.25) is 0 Å². The summed E-state index contributed by atoms with van der Waals surface area (Å²) in [4.78, 5) is 16.3. The SMILES string of the molecule is O=C(CCc1nc2ccccc2o1)NCC1CCCCC1. The van der Waals surface area contributed by atoms with Crippen molar-refractivity contribution in [1.29, 1.82) is 0 Å². The Morgan fingerprint density at radius 1 is 1.24 bits per heavy atom. The summed E-state index contributed by atoms with van der Waals surface area (Å²) in [6, 6.07) is 7.68. The fourth-order valence-corrected chi connectivity index (χ4v) is 2.99. The van der Waals surface area contributed by atoms with Gasteiger partial charge in [0.25, 0.3) is 0 Å². The van der Waals surface area contributed by atoms with E-state index in [-0.39, 0.29) is 5.91 Å². The Bertz CT molecular complexity index is 567. The average Bonchev–Trinajstić information content (AvgIpc) is 2.95. The van der Waals surface area contributed by atoms with Crippen LogP contribution in [0.4, 0.5) is 0 Å². The van der Waals surface area contributed by atoms with E-state index in [0.717, 1.165) is 17.6 Å². The molecule has 1 N–H and O–H groups in total. The number of aryl methyl sites for hydroxylation is 1. The second-order valence-electron chi connectivity index (χ2n) is 5.88. The highest BCUT2D eigenvalue weighted by Crippen LogP contribution is 2.22. The van der Waals surface area contributed by atoms with Crippen LogP contribution in [0.5, 0.6) is 0 Å². The fourth-order valence-electron chi connectivity index (χ4n) is 2.99. The summed E-state index contributed by atoms with van der Waals surface area (Å²) < 4.78 is 5.62. The number of para-hydroxylation sites is 2. The van der Waals surface area contributed by atoms with Crippen molar-refractivity contribution in [1.82, 2.24) is 10.3 Å². The Kier molecular flexibility index (Phi) is 4.53. The summed E-state index contributed by atoms with van der Waals surface area (Å²) in [7, 11) is 0. The van der Waals surface area contributed by atoms with Gasteiger partial charge >= 0.3 is 0 Å². The first-order chi connectivity index (χ1) is 10.3. The number of carbonyl (C=O) groups excluding carboxylic acids is 1. The maximum absolute atomic E-state index is 11.9. The lowest BCUT2D eigenvalue weighted by Crippen LogP contribution is -2.30. The molecule has 0 unspecified atom stereocenters. The van der Waals surface area contributed by atoms with Crippen LogP contribution >= 0.6 is 0 Å². The molecule has 0 bridgehead atoms. The van der Waals surface area contributed by atoms with Gasteiger partial charge in [-0.05, 0) is 30.9 Å². The van der Waals surface area contributed by atoms with Gasteiger partial charge in [-0.15, -0.1) is 0 Å². The maximum Gasteiger partial charge on any atom is 0.220 e. The quantitative estimate of drug-likeness (QED) is 0.915. The molecule has 1 aliphatic carbocycles. The number of nitrogens with one attached hydrogen (secondary N) is 1. The molecule has 0 atom stereocenters. The topological polar surface area (TPSA) is 55.1 Å². The molecule has 21 heavy (non-hydrogen) atoms. The molecule has 1 aliphatic rings. The second kappa shape index (κ2) is 6.74. The smallest absolute Gasteiger partial charge is 0.220 e. The van der Waals surface area contributed by atoms with Crippen LogP contribution in [0.25, 0.3) is 11.1 Å². The zero-order chi connectivity index (χ0) is 14.5. The first-order valence-electron chi connectivity index (χ1n) is 7.92. The molecular formula is C17H22N2O2. The lowest BCUT2D eigenvalue weighted by atomic mass is 9.89. The minimum absolute atomic E-state index is 0.0998. The lowest BCUT2D eigenvalue weighted by molar-refractivity contribution is -0.121. The van der Waals surface area contributed by atoms with Crippen LogP contribution in [0.15, 0.2) is 28.7 Å². The minimum atomic E-state index is 0.0998. The van der Waals surface area contributed by atoms with E-state index in [0.29, 0.717) is 24.7 Å². The van der Waals surface area contributed by atoms with Gasteiger partial charge in [0, 0.05) is 19.4 Å². The van der Waals surface area contributed by atoms with Crippen LogP contribution in [-0.4, -0.2) is 17.4 Å². The number of oxazole rings is 1. The molecule has 0 radical (unpaired) electrons. The standard InChI is InChI=1S/C17H22N2O2/c20-16(18-12-13-6-2-1-3-7-13)10-11-17-19-14-8-4-5-9-15(14)21-17/h4-5,8-9,13H,1-3,6-7,10-12H2,(H,18,20). The van der Waals surface area contributed by atoms with Gasteiger partial charge in [-0.25, -0.2) is 4.98 Å². The molecule has 2 aromatic rings. The van der Waals surface area contributed by atoms with Gasteiger partial charge in [0.15, 0.2) is 11.5 Å². The third-order valence-electron chi connectivity index (χ3n) is 4.22. The van der Waals surface area contributed by atoms with Gasteiger partial charge in [-0.2, -0.15) is 0 Å². The zero-order valence-corrected chi connectivity index (χ0v) is 12.3. The van der Waals surface area contributed by atoms with Crippen molar-refractivity contribution in [3.63, 3.8) is 0 Å². The zero-order valence-electron chi connectivity index (χ0n) is 12.3. The van der Waals surface area contributed by atoms with Gasteiger partial charge in [-0.1, -0.05) is 31.4 Å². The Labute approximate surface area is 124 Å². The number of nitrogens with zero attached hydrogens (tertiary/aromatic N) is 1. The third-order valence-corrected chi connectivity index (χ3v) is 4.22. The molecule has 0 spiro atoms. The van der Waals surface area contributed by atoms with Gasteiger partial charge < -0.3 is 9.73 Å². The molecule has 0 saturated heterocycles. The molecule has 1 heterocycles. The molecule has 0 aliphatic heterocycles. The minimum Gasteiger partial charge on any atom is -0.441 e. The van der Waals surface area contributed by atoms with Crippen LogP contribution in [0, 0.1) is 5.92 Å². The largest absolute Gasteiger partial charge is 0.441 e. The van der Waals surface area contributed by atoms with Crippen LogP contribution in [0.1, 0.15) is 44.4 Å². The van der Waals surface area contributed by atoms with E-state index in [1.165, 1.54) is 32.1 Å². The number of hydrogen-bond acceptors (Lipinski definition) is 3. The van der Waals surface area contributed by atoms with E-state index in [1.807, 2.05) is 24.3 Å². The van der Waals surface area contributed by atoms with Gasteiger partial charge in [0.05, 0.1) is 0 Å². The van der Waals surface area contributed by atoms with Crippen LogP contribution < -0.4 is 5.32 Å². The number of amides is 1. The van der Waals surface area contributed by atoms with E-state index in [2.05, 4.69) is 10.3 Å². The highest BCUT2D eigenvalue weighted by atomic mass is 16.3. The third kappa shape index (κ3) is 3.84. The first kappa shape index (κ1) is 14.1. The van der Waals surface area contributed by atoms with E-state index in [9.17, 15) is 4.79 Å². The highest BCUT2D eigenvalue weighted by Gasteiger charge is 2.14. The number of rotatable bonds is 5. The number of aromatic nitrogens is 1. The Morgan fingerprint density at radius 2 is 2.05 bits per heavy atom. The van der Waals surface area contributed by atoms with E-state index in [1.54, 1.807) is 0 Å². The second-order valence-corrected chi connectivity index (χ2v) is 5.88. The summed E-state index contributed by atoms with van der Waals surface area (Å²) in [5.74, 6) is 1.42. The van der Waals surface area contributed by atoms with Crippen molar-refractivity contribution < 1.29 is 9.21 Å². The molecule has 1 aromatic heterocycles. The monoisotopic (exact) mass is 286 g/mol. The first-order valence-corrected chi connectivity index (χ1v) is 7.92. The number of fused-ring (bicyclic) bond motifs is 1. The van der Waals surface area contributed by atoms with Crippen molar-refractivity contribution in [2.75, 3.05) is 6.54 Å². The number of benzene rings is 1. The average molecular weight is 286 g/mol. The molecule has 3 rings (SSSR count). The van der Waals surface area contributed by atoms with Crippen molar-refractivity contribution in [2.45, 2.75) is 44.9 Å². The Morgan fingerprint density at radius 3 is 2.86 bits per heavy atom. The molecule has 1 aromatic carbocycles. The summed E-state index contributed by atoms with van der Waals surface area (Å²) in [6.07, 6.45) is 7.48. The predicted molar refractivity (Wildman–Crippen MR) is 81.9 cm³/mol. The van der Waals surface area contributed by atoms with Crippen molar-refractivity contribution in [3.8, 4) is 0 Å². The molecule has 1 saturated carbocycles. The number of carbonyl (C=O) groups is 1. The Hall–Kier alpha value is -1.84. The van der Waals surface area contributed by atoms with Gasteiger partial charge in [0.1, 0.15) is 5.52 Å². The molecular weight excluding hydrogens is 264 g/mol. The maximum atomic E-state index is 11.9. The summed E-state index contributed by atoms with van der Waals surface area (Å²) in [5.41, 5.74) is 1.64. The molecule has 112 valence electrons. The summed E-state index contributed by atoms with van der Waals surface area (Å²) in [6.45, 7) is 0.826. The van der Waals surface area contributed by atoms with Crippen molar-refractivity contribution in [3.05, 3.63) is 30.2 Å². The van der Waals surface area contributed by atoms with Crippen LogP contribution in [-0.2, 0) is 11.2 Å². The normalized spacial score (nSPS) is 16.2. The van der Waals surface area contributed by atoms with Crippen molar-refractivity contribution in [2.24, 2.45) is 5.92 Å². The van der Waals surface area contributed by atoms with Crippen LogP contribution in [0.3, 0.4) is 0 Å². The molecule has 1 fully saturated rings. The fraction of sp³-hybridized carbons (Fsp3) is 0.529. The molecule has 4 nitrogen and oxygen atoms in total.